The summed E-state index contributed by atoms with van der Waals surface area (Å²) < 4.78 is 0. The minimum Gasteiger partial charge on any atom is -0.508 e. The summed E-state index contributed by atoms with van der Waals surface area (Å²) in [5.74, 6) is 0.254. The molecule has 0 saturated heterocycles. The molecule has 4 nitrogen and oxygen atoms in total. The Morgan fingerprint density at radius 1 is 1.14 bits per heavy atom. The van der Waals surface area contributed by atoms with Gasteiger partial charge in [0.05, 0.1) is 21.2 Å². The Hall–Kier alpha value is -1.88. The molecule has 0 atom stereocenters. The van der Waals surface area contributed by atoms with Crippen LogP contribution in [-0.2, 0) is 13.1 Å². The van der Waals surface area contributed by atoms with E-state index in [-0.39, 0.29) is 5.75 Å². The van der Waals surface area contributed by atoms with Gasteiger partial charge in [0.15, 0.2) is 0 Å². The van der Waals surface area contributed by atoms with Crippen LogP contribution in [0, 0.1) is 0 Å². The number of phenolic OH excluding ortho intramolecular Hbond substituents is 1. The number of nitrogen functional groups attached to an aromatic ring is 1. The molecular formula is C16H15Cl2N3O. The van der Waals surface area contributed by atoms with E-state index in [1.165, 1.54) is 0 Å². The van der Waals surface area contributed by atoms with E-state index < -0.39 is 0 Å². The third-order valence-electron chi connectivity index (χ3n) is 3.54. The molecule has 0 fully saturated rings. The van der Waals surface area contributed by atoms with Gasteiger partial charge in [-0.15, -0.1) is 0 Å². The predicted molar refractivity (Wildman–Crippen MR) is 91.4 cm³/mol. The van der Waals surface area contributed by atoms with Gasteiger partial charge in [-0.3, -0.25) is 0 Å². The second-order valence-electron chi connectivity index (χ2n) is 5.09. The molecule has 3 aromatic rings. The topological polar surface area (TPSA) is 74.1 Å². The lowest BCUT2D eigenvalue weighted by Crippen LogP contribution is -2.14. The largest absolute Gasteiger partial charge is 0.508 e. The van der Waals surface area contributed by atoms with Gasteiger partial charge >= 0.3 is 0 Å². The van der Waals surface area contributed by atoms with Gasteiger partial charge in [0.2, 0.25) is 0 Å². The number of aromatic nitrogens is 1. The van der Waals surface area contributed by atoms with Crippen molar-refractivity contribution in [3.8, 4) is 5.75 Å². The van der Waals surface area contributed by atoms with Crippen molar-refractivity contribution in [2.24, 2.45) is 0 Å². The summed E-state index contributed by atoms with van der Waals surface area (Å²) in [6.45, 7) is 1.18. The number of hydrogen-bond donors (Lipinski definition) is 4. The van der Waals surface area contributed by atoms with Crippen molar-refractivity contribution >= 4 is 39.8 Å². The Kier molecular flexibility index (Phi) is 4.16. The molecule has 114 valence electrons. The van der Waals surface area contributed by atoms with Crippen molar-refractivity contribution in [3.63, 3.8) is 0 Å². The molecule has 0 radical (unpaired) electrons. The lowest BCUT2D eigenvalue weighted by atomic mass is 10.1. The number of nitrogens with two attached hydrogens (primary N) is 1. The first-order valence-electron chi connectivity index (χ1n) is 6.78. The van der Waals surface area contributed by atoms with Crippen molar-refractivity contribution in [1.82, 2.24) is 10.3 Å². The first kappa shape index (κ1) is 15.0. The SMILES string of the molecule is Nc1c(CNCc2cccc(O)c2)cc(Cl)c2c(Cl)c[nH]c12. The maximum absolute atomic E-state index is 9.45. The van der Waals surface area contributed by atoms with E-state index in [1.807, 2.05) is 18.2 Å². The molecule has 0 bridgehead atoms. The number of halogens is 2. The Morgan fingerprint density at radius 3 is 2.73 bits per heavy atom. The highest BCUT2D eigenvalue weighted by molar-refractivity contribution is 6.42. The Morgan fingerprint density at radius 2 is 1.95 bits per heavy atom. The van der Waals surface area contributed by atoms with E-state index in [2.05, 4.69) is 10.3 Å². The monoisotopic (exact) mass is 335 g/mol. The molecule has 5 N–H and O–H groups in total. The molecule has 0 saturated carbocycles. The van der Waals surface area contributed by atoms with Gasteiger partial charge < -0.3 is 21.1 Å². The van der Waals surface area contributed by atoms with Crippen LogP contribution in [-0.4, -0.2) is 10.1 Å². The minimum atomic E-state index is 0.254. The highest BCUT2D eigenvalue weighted by Crippen LogP contribution is 2.35. The van der Waals surface area contributed by atoms with E-state index >= 15 is 0 Å². The van der Waals surface area contributed by atoms with Crippen LogP contribution in [0.4, 0.5) is 5.69 Å². The summed E-state index contributed by atoms with van der Waals surface area (Å²) in [7, 11) is 0. The predicted octanol–water partition coefficient (Wildman–Crippen LogP) is 4.05. The fourth-order valence-corrected chi connectivity index (χ4v) is 3.09. The average molecular weight is 336 g/mol. The van der Waals surface area contributed by atoms with Crippen molar-refractivity contribution < 1.29 is 5.11 Å². The number of phenols is 1. The van der Waals surface area contributed by atoms with Crippen LogP contribution in [0.2, 0.25) is 10.0 Å². The number of aromatic amines is 1. The van der Waals surface area contributed by atoms with Crippen molar-refractivity contribution in [2.45, 2.75) is 13.1 Å². The highest BCUT2D eigenvalue weighted by atomic mass is 35.5. The van der Waals surface area contributed by atoms with Crippen LogP contribution in [0.3, 0.4) is 0 Å². The van der Waals surface area contributed by atoms with Gasteiger partial charge in [0, 0.05) is 24.7 Å². The summed E-state index contributed by atoms with van der Waals surface area (Å²) in [5.41, 5.74) is 9.46. The van der Waals surface area contributed by atoms with Gasteiger partial charge in [-0.05, 0) is 29.3 Å². The molecule has 0 amide bonds. The summed E-state index contributed by atoms with van der Waals surface area (Å²) in [4.78, 5) is 3.05. The number of H-pyrrole nitrogens is 1. The van der Waals surface area contributed by atoms with E-state index in [0.717, 1.165) is 22.0 Å². The Balaban J connectivity index is 1.78. The zero-order valence-electron chi connectivity index (χ0n) is 11.7. The third kappa shape index (κ3) is 2.86. The molecule has 0 aliphatic heterocycles. The summed E-state index contributed by atoms with van der Waals surface area (Å²) in [5, 5.41) is 14.6. The molecule has 0 spiro atoms. The van der Waals surface area contributed by atoms with E-state index in [0.29, 0.717) is 28.8 Å². The van der Waals surface area contributed by atoms with Gasteiger partial charge in [0.25, 0.3) is 0 Å². The molecule has 3 rings (SSSR count). The molecule has 22 heavy (non-hydrogen) atoms. The summed E-state index contributed by atoms with van der Waals surface area (Å²) in [6, 6.07) is 8.94. The van der Waals surface area contributed by atoms with Crippen molar-refractivity contribution in [2.75, 3.05) is 5.73 Å². The van der Waals surface area contributed by atoms with Gasteiger partial charge in [-0.25, -0.2) is 0 Å². The lowest BCUT2D eigenvalue weighted by Gasteiger charge is -2.10. The van der Waals surface area contributed by atoms with Crippen LogP contribution >= 0.6 is 23.2 Å². The number of fused-ring (bicyclic) bond motifs is 1. The molecule has 2 aromatic carbocycles. The van der Waals surface area contributed by atoms with Crippen LogP contribution < -0.4 is 11.1 Å². The Labute approximate surface area is 137 Å². The maximum atomic E-state index is 9.45. The smallest absolute Gasteiger partial charge is 0.115 e. The average Bonchev–Trinajstić information content (AvgIpc) is 2.87. The van der Waals surface area contributed by atoms with Crippen LogP contribution in [0.15, 0.2) is 36.5 Å². The lowest BCUT2D eigenvalue weighted by molar-refractivity contribution is 0.474. The normalized spacial score (nSPS) is 11.2. The van der Waals surface area contributed by atoms with E-state index in [1.54, 1.807) is 18.3 Å². The fraction of sp³-hybridized carbons (Fsp3) is 0.125. The molecule has 0 aliphatic carbocycles. The van der Waals surface area contributed by atoms with Gasteiger partial charge in [-0.2, -0.15) is 0 Å². The van der Waals surface area contributed by atoms with Crippen molar-refractivity contribution in [1.29, 1.82) is 0 Å². The quantitative estimate of drug-likeness (QED) is 0.543. The third-order valence-corrected chi connectivity index (χ3v) is 4.14. The molecule has 0 unspecified atom stereocenters. The van der Waals surface area contributed by atoms with E-state index in [9.17, 15) is 5.11 Å². The maximum Gasteiger partial charge on any atom is 0.115 e. The minimum absolute atomic E-state index is 0.254. The molecular weight excluding hydrogens is 321 g/mol. The Bertz CT molecular complexity index is 830. The number of anilines is 1. The first-order valence-corrected chi connectivity index (χ1v) is 7.54. The summed E-state index contributed by atoms with van der Waals surface area (Å²) in [6.07, 6.45) is 1.68. The number of hydrogen-bond acceptors (Lipinski definition) is 3. The zero-order valence-corrected chi connectivity index (χ0v) is 13.2. The first-order chi connectivity index (χ1) is 10.6. The van der Waals surface area contributed by atoms with Crippen LogP contribution in [0.5, 0.6) is 5.75 Å². The second kappa shape index (κ2) is 6.08. The number of benzene rings is 2. The zero-order chi connectivity index (χ0) is 15.7. The number of nitrogens with one attached hydrogen (secondary N) is 2. The van der Waals surface area contributed by atoms with Gasteiger partial charge in [-0.1, -0.05) is 35.3 Å². The van der Waals surface area contributed by atoms with Gasteiger partial charge in [0.1, 0.15) is 5.75 Å². The van der Waals surface area contributed by atoms with E-state index in [4.69, 9.17) is 28.9 Å². The van der Waals surface area contributed by atoms with Crippen molar-refractivity contribution in [3.05, 3.63) is 57.7 Å². The second-order valence-corrected chi connectivity index (χ2v) is 5.91. The molecule has 1 heterocycles. The molecule has 6 heteroatoms. The molecule has 1 aromatic heterocycles. The number of rotatable bonds is 4. The fourth-order valence-electron chi connectivity index (χ4n) is 2.46. The summed E-state index contributed by atoms with van der Waals surface area (Å²) >= 11 is 12.4. The standard InChI is InChI=1S/C16H15Cl2N3O/c17-12-5-10(15(19)16-14(12)13(18)8-21-16)7-20-6-9-2-1-3-11(22)4-9/h1-5,8,20-22H,6-7,19H2. The van der Waals surface area contributed by atoms with Crippen LogP contribution in [0.25, 0.3) is 10.9 Å². The molecule has 0 aliphatic rings. The number of aromatic hydroxyl groups is 1. The highest BCUT2D eigenvalue weighted by Gasteiger charge is 2.13. The van der Waals surface area contributed by atoms with Crippen LogP contribution in [0.1, 0.15) is 11.1 Å².